The van der Waals surface area contributed by atoms with E-state index in [1.807, 2.05) is 36.7 Å². The lowest BCUT2D eigenvalue weighted by molar-refractivity contribution is -0.143. The van der Waals surface area contributed by atoms with Crippen molar-refractivity contribution in [3.8, 4) is 0 Å². The molecule has 0 fully saturated rings. The standard InChI is InChI=1S/C20H22N4O2S.C4H10.C2H6/c1-3-11-24(14-20(25)26-4-2)27-17-7-5-16(6-8-17)13-23-15-22-18-9-10-21-12-19(18)23;1-4(2)3;1-2/h3,5-10,12,15H,1,4,11,13-14H2,2H3;4H,1-3H3;1-2H3. The molecule has 0 atom stereocenters. The van der Waals surface area contributed by atoms with Gasteiger partial charge in [0, 0.05) is 24.2 Å². The van der Waals surface area contributed by atoms with E-state index in [0.717, 1.165) is 28.4 Å². The Balaban J connectivity index is 0.000000820. The zero-order valence-corrected chi connectivity index (χ0v) is 21.6. The second kappa shape index (κ2) is 16.0. The average Bonchev–Trinajstić information content (AvgIpc) is 3.19. The summed E-state index contributed by atoms with van der Waals surface area (Å²) in [5.41, 5.74) is 3.13. The summed E-state index contributed by atoms with van der Waals surface area (Å²) in [6.07, 6.45) is 7.19. The number of rotatable bonds is 9. The number of fused-ring (bicyclic) bond motifs is 1. The molecule has 3 aromatic rings. The molecule has 0 spiro atoms. The highest BCUT2D eigenvalue weighted by Gasteiger charge is 2.12. The van der Waals surface area contributed by atoms with Crippen LogP contribution < -0.4 is 0 Å². The molecule has 33 heavy (non-hydrogen) atoms. The number of hydrogen-bond acceptors (Lipinski definition) is 6. The van der Waals surface area contributed by atoms with Crippen molar-refractivity contribution >= 4 is 29.0 Å². The molecule has 0 aliphatic heterocycles. The minimum atomic E-state index is -0.232. The first-order chi connectivity index (χ1) is 15.9. The Morgan fingerprint density at radius 2 is 1.88 bits per heavy atom. The molecule has 0 aliphatic carbocycles. The first-order valence-electron chi connectivity index (χ1n) is 11.5. The molecular weight excluding hydrogens is 432 g/mol. The second-order valence-corrected chi connectivity index (χ2v) is 8.79. The number of aromatic nitrogens is 3. The first kappa shape index (κ1) is 28.4. The topological polar surface area (TPSA) is 60.2 Å². The lowest BCUT2D eigenvalue weighted by atomic mass is 10.2. The van der Waals surface area contributed by atoms with Gasteiger partial charge in [-0.1, -0.05) is 52.8 Å². The van der Waals surface area contributed by atoms with Crippen LogP contribution >= 0.6 is 11.9 Å². The van der Waals surface area contributed by atoms with Crippen molar-refractivity contribution in [2.24, 2.45) is 5.92 Å². The zero-order valence-electron chi connectivity index (χ0n) is 20.8. The lowest BCUT2D eigenvalue weighted by Crippen LogP contribution is -2.25. The van der Waals surface area contributed by atoms with Crippen LogP contribution in [0.4, 0.5) is 0 Å². The lowest BCUT2D eigenvalue weighted by Gasteiger charge is -2.18. The predicted molar refractivity (Wildman–Crippen MR) is 139 cm³/mol. The van der Waals surface area contributed by atoms with Gasteiger partial charge in [-0.15, -0.1) is 6.58 Å². The van der Waals surface area contributed by atoms with Crippen molar-refractivity contribution in [1.82, 2.24) is 18.8 Å². The Bertz CT molecular complexity index is 952. The summed E-state index contributed by atoms with van der Waals surface area (Å²) in [6.45, 7) is 18.0. The molecule has 0 amide bonds. The van der Waals surface area contributed by atoms with E-state index in [2.05, 4.69) is 66.2 Å². The van der Waals surface area contributed by atoms with Gasteiger partial charge in [0.25, 0.3) is 0 Å². The summed E-state index contributed by atoms with van der Waals surface area (Å²) >= 11 is 1.52. The van der Waals surface area contributed by atoms with Gasteiger partial charge in [0.1, 0.15) is 6.54 Å². The smallest absolute Gasteiger partial charge is 0.321 e. The highest BCUT2D eigenvalue weighted by molar-refractivity contribution is 7.97. The molecule has 6 nitrogen and oxygen atoms in total. The highest BCUT2D eigenvalue weighted by Crippen LogP contribution is 2.23. The van der Waals surface area contributed by atoms with Crippen molar-refractivity contribution < 1.29 is 9.53 Å². The zero-order chi connectivity index (χ0) is 24.6. The van der Waals surface area contributed by atoms with Crippen molar-refractivity contribution in [3.05, 3.63) is 67.3 Å². The SMILES string of the molecule is C=CCN(CC(=O)OCC)Sc1ccc(Cn2cnc3ccncc32)cc1.CC.CC(C)C. The molecule has 0 aliphatic rings. The van der Waals surface area contributed by atoms with E-state index in [9.17, 15) is 4.79 Å². The van der Waals surface area contributed by atoms with Crippen LogP contribution in [0.2, 0.25) is 0 Å². The van der Waals surface area contributed by atoms with E-state index >= 15 is 0 Å². The maximum atomic E-state index is 11.7. The Morgan fingerprint density at radius 1 is 1.21 bits per heavy atom. The number of pyridine rings is 1. The normalized spacial score (nSPS) is 10.3. The molecular formula is C26H38N4O2S. The number of ether oxygens (including phenoxy) is 1. The largest absolute Gasteiger partial charge is 0.465 e. The molecule has 0 N–H and O–H groups in total. The summed E-state index contributed by atoms with van der Waals surface area (Å²) in [5.74, 6) is 0.601. The van der Waals surface area contributed by atoms with E-state index in [1.54, 1.807) is 19.2 Å². The number of esters is 1. The average molecular weight is 471 g/mol. The number of nitrogens with zero attached hydrogens (tertiary/aromatic N) is 4. The fourth-order valence-electron chi connectivity index (χ4n) is 2.66. The molecule has 0 bridgehead atoms. The third kappa shape index (κ3) is 10.7. The van der Waals surface area contributed by atoms with Crippen LogP contribution in [0.3, 0.4) is 0 Å². The Kier molecular flexibility index (Phi) is 13.8. The second-order valence-electron chi connectivity index (χ2n) is 7.62. The van der Waals surface area contributed by atoms with Crippen molar-refractivity contribution in [2.75, 3.05) is 19.7 Å². The van der Waals surface area contributed by atoms with Crippen molar-refractivity contribution in [1.29, 1.82) is 0 Å². The van der Waals surface area contributed by atoms with E-state index in [0.29, 0.717) is 13.2 Å². The van der Waals surface area contributed by atoms with Crippen LogP contribution in [-0.2, 0) is 16.1 Å². The minimum absolute atomic E-state index is 0.223. The Morgan fingerprint density at radius 3 is 2.48 bits per heavy atom. The predicted octanol–water partition coefficient (Wildman–Crippen LogP) is 6.23. The van der Waals surface area contributed by atoms with Crippen LogP contribution in [-0.4, -0.2) is 44.5 Å². The summed E-state index contributed by atoms with van der Waals surface area (Å²) < 4.78 is 9.03. The quantitative estimate of drug-likeness (QED) is 0.210. The molecule has 2 aromatic heterocycles. The summed E-state index contributed by atoms with van der Waals surface area (Å²) in [6, 6.07) is 10.2. The van der Waals surface area contributed by atoms with Gasteiger partial charge < -0.3 is 9.30 Å². The van der Waals surface area contributed by atoms with Gasteiger partial charge in [0.05, 0.1) is 30.2 Å². The van der Waals surface area contributed by atoms with Gasteiger partial charge in [-0.05, 0) is 48.6 Å². The third-order valence-electron chi connectivity index (χ3n) is 3.88. The Labute approximate surface area is 203 Å². The van der Waals surface area contributed by atoms with E-state index in [4.69, 9.17) is 4.74 Å². The minimum Gasteiger partial charge on any atom is -0.465 e. The van der Waals surface area contributed by atoms with Gasteiger partial charge in [-0.3, -0.25) is 9.78 Å². The van der Waals surface area contributed by atoms with E-state index in [1.165, 1.54) is 17.5 Å². The number of imidazole rings is 1. The maximum Gasteiger partial charge on any atom is 0.321 e. The van der Waals surface area contributed by atoms with Gasteiger partial charge in [-0.2, -0.15) is 0 Å². The van der Waals surface area contributed by atoms with Gasteiger partial charge in [0.2, 0.25) is 0 Å². The summed E-state index contributed by atoms with van der Waals surface area (Å²) in [5, 5.41) is 0. The fourth-order valence-corrected chi connectivity index (χ4v) is 3.57. The molecule has 1 aromatic carbocycles. The maximum absolute atomic E-state index is 11.7. The molecule has 7 heteroatoms. The first-order valence-corrected chi connectivity index (χ1v) is 12.2. The fraction of sp³-hybridized carbons (Fsp3) is 0.423. The van der Waals surface area contributed by atoms with Gasteiger partial charge in [-0.25, -0.2) is 9.29 Å². The van der Waals surface area contributed by atoms with Crippen LogP contribution in [0.25, 0.3) is 11.0 Å². The molecule has 0 saturated heterocycles. The number of benzene rings is 1. The summed E-state index contributed by atoms with van der Waals surface area (Å²) in [4.78, 5) is 21.4. The molecule has 180 valence electrons. The molecule has 0 radical (unpaired) electrons. The number of carbonyl (C=O) groups is 1. The van der Waals surface area contributed by atoms with E-state index < -0.39 is 0 Å². The molecule has 3 rings (SSSR count). The van der Waals surface area contributed by atoms with Gasteiger partial charge >= 0.3 is 5.97 Å². The van der Waals surface area contributed by atoms with Gasteiger partial charge in [0.15, 0.2) is 0 Å². The summed E-state index contributed by atoms with van der Waals surface area (Å²) in [7, 11) is 0. The van der Waals surface area contributed by atoms with Crippen LogP contribution in [0.1, 0.15) is 47.1 Å². The molecule has 0 unspecified atom stereocenters. The van der Waals surface area contributed by atoms with Crippen LogP contribution in [0.5, 0.6) is 0 Å². The molecule has 0 saturated carbocycles. The monoisotopic (exact) mass is 470 g/mol. The highest BCUT2D eigenvalue weighted by atomic mass is 32.2. The van der Waals surface area contributed by atoms with Crippen molar-refractivity contribution in [2.45, 2.75) is 53.0 Å². The Hall–Kier alpha value is -2.64. The van der Waals surface area contributed by atoms with E-state index in [-0.39, 0.29) is 12.5 Å². The molecule has 2 heterocycles. The number of hydrogen-bond donors (Lipinski definition) is 0. The van der Waals surface area contributed by atoms with Crippen LogP contribution in [0, 0.1) is 5.92 Å². The number of carbonyl (C=O) groups excluding carboxylic acids is 1. The third-order valence-corrected chi connectivity index (χ3v) is 4.90. The van der Waals surface area contributed by atoms with Crippen LogP contribution in [0.15, 0.2) is 66.6 Å². The van der Waals surface area contributed by atoms with Crippen molar-refractivity contribution in [3.63, 3.8) is 0 Å².